The lowest BCUT2D eigenvalue weighted by molar-refractivity contribution is -0.121. The molecule has 1 aliphatic rings. The molecule has 0 spiro atoms. The van der Waals surface area contributed by atoms with Gasteiger partial charge in [0.1, 0.15) is 0 Å². The molecule has 0 aromatic heterocycles. The number of benzene rings is 1. The summed E-state index contributed by atoms with van der Waals surface area (Å²) in [6, 6.07) is 9.84. The molecule has 0 saturated carbocycles. The van der Waals surface area contributed by atoms with Gasteiger partial charge in [0.2, 0.25) is 15.9 Å². The minimum Gasteiger partial charge on any atom is -0.355 e. The Bertz CT molecular complexity index is 558. The number of nitrogens with one attached hydrogen (secondary N) is 1. The summed E-state index contributed by atoms with van der Waals surface area (Å²) in [7, 11) is -3.09. The molecule has 0 bridgehead atoms. The number of aryl methyl sites for hydroxylation is 1. The Kier molecular flexibility index (Phi) is 5.76. The van der Waals surface area contributed by atoms with Gasteiger partial charge in [-0.3, -0.25) is 4.79 Å². The minimum atomic E-state index is -3.09. The van der Waals surface area contributed by atoms with E-state index in [0.29, 0.717) is 32.5 Å². The number of carbonyl (C=O) groups excluding carboxylic acids is 1. The first-order valence-corrected chi connectivity index (χ1v) is 8.97. The van der Waals surface area contributed by atoms with Gasteiger partial charge < -0.3 is 5.32 Å². The zero-order chi connectivity index (χ0) is 15.1. The topological polar surface area (TPSA) is 66.5 Å². The summed E-state index contributed by atoms with van der Waals surface area (Å²) in [6.07, 6.45) is 2.77. The van der Waals surface area contributed by atoms with Crippen LogP contribution in [0.2, 0.25) is 0 Å². The number of hydrogen-bond acceptors (Lipinski definition) is 3. The molecule has 21 heavy (non-hydrogen) atoms. The van der Waals surface area contributed by atoms with E-state index in [4.69, 9.17) is 0 Å². The smallest absolute Gasteiger partial charge is 0.220 e. The van der Waals surface area contributed by atoms with Crippen LogP contribution >= 0.6 is 0 Å². The molecule has 0 unspecified atom stereocenters. The largest absolute Gasteiger partial charge is 0.355 e. The Morgan fingerprint density at radius 3 is 2.67 bits per heavy atom. The fraction of sp³-hybridized carbons (Fsp3) is 0.533. The van der Waals surface area contributed by atoms with Crippen molar-refractivity contribution in [3.63, 3.8) is 0 Å². The third-order valence-corrected chi connectivity index (χ3v) is 5.58. The van der Waals surface area contributed by atoms with Gasteiger partial charge in [-0.2, -0.15) is 0 Å². The molecule has 1 aromatic rings. The molecule has 0 atom stereocenters. The summed E-state index contributed by atoms with van der Waals surface area (Å²) in [5.74, 6) is 0.197. The number of carbonyl (C=O) groups is 1. The third kappa shape index (κ3) is 5.13. The lowest BCUT2D eigenvalue weighted by Crippen LogP contribution is -2.42. The highest BCUT2D eigenvalue weighted by atomic mass is 32.2. The van der Waals surface area contributed by atoms with E-state index in [-0.39, 0.29) is 11.7 Å². The van der Waals surface area contributed by atoms with Gasteiger partial charge in [-0.05, 0) is 24.8 Å². The first-order valence-electron chi connectivity index (χ1n) is 7.36. The van der Waals surface area contributed by atoms with Crippen LogP contribution in [0.25, 0.3) is 0 Å². The first-order chi connectivity index (χ1) is 10.1. The Morgan fingerprint density at radius 2 is 1.95 bits per heavy atom. The molecule has 1 aliphatic heterocycles. The SMILES string of the molecule is O=C(CCc1ccccc1)NCCN1CCCCS1(=O)=O. The molecule has 1 aromatic carbocycles. The maximum Gasteiger partial charge on any atom is 0.220 e. The van der Waals surface area contributed by atoms with E-state index in [1.54, 1.807) is 0 Å². The summed E-state index contributed by atoms with van der Waals surface area (Å²) in [5, 5.41) is 2.79. The van der Waals surface area contributed by atoms with Crippen LogP contribution < -0.4 is 5.32 Å². The molecule has 0 aliphatic carbocycles. The van der Waals surface area contributed by atoms with E-state index in [9.17, 15) is 13.2 Å². The molecule has 5 nitrogen and oxygen atoms in total. The monoisotopic (exact) mass is 310 g/mol. The molecular weight excluding hydrogens is 288 g/mol. The number of nitrogens with zero attached hydrogens (tertiary/aromatic N) is 1. The highest BCUT2D eigenvalue weighted by Crippen LogP contribution is 2.12. The van der Waals surface area contributed by atoms with Gasteiger partial charge in [0.15, 0.2) is 0 Å². The van der Waals surface area contributed by atoms with Crippen molar-refractivity contribution in [2.75, 3.05) is 25.4 Å². The van der Waals surface area contributed by atoms with Crippen molar-refractivity contribution in [3.8, 4) is 0 Å². The second kappa shape index (κ2) is 7.56. The predicted octanol–water partition coefficient (Wildman–Crippen LogP) is 1.16. The average molecular weight is 310 g/mol. The standard InChI is InChI=1S/C15H22N2O3S/c18-15(9-8-14-6-2-1-3-7-14)16-10-12-17-11-4-5-13-21(17,19)20/h1-3,6-7H,4-5,8-13H2,(H,16,18). The van der Waals surface area contributed by atoms with Crippen molar-refractivity contribution >= 4 is 15.9 Å². The Labute approximate surface area is 126 Å². The molecule has 1 fully saturated rings. The van der Waals surface area contributed by atoms with Gasteiger partial charge in [-0.15, -0.1) is 0 Å². The van der Waals surface area contributed by atoms with Crippen LogP contribution in [0, 0.1) is 0 Å². The van der Waals surface area contributed by atoms with Crippen LogP contribution in [0.4, 0.5) is 0 Å². The van der Waals surface area contributed by atoms with E-state index in [0.717, 1.165) is 18.4 Å². The summed E-state index contributed by atoms with van der Waals surface area (Å²) in [5.41, 5.74) is 1.13. The van der Waals surface area contributed by atoms with Gasteiger partial charge in [0, 0.05) is 26.1 Å². The van der Waals surface area contributed by atoms with Crippen LogP contribution in [0.15, 0.2) is 30.3 Å². The van der Waals surface area contributed by atoms with Crippen LogP contribution in [-0.2, 0) is 21.2 Å². The predicted molar refractivity (Wildman–Crippen MR) is 82.4 cm³/mol. The van der Waals surface area contributed by atoms with E-state index in [1.807, 2.05) is 30.3 Å². The van der Waals surface area contributed by atoms with Gasteiger partial charge in [-0.25, -0.2) is 12.7 Å². The number of hydrogen-bond donors (Lipinski definition) is 1. The molecule has 0 radical (unpaired) electrons. The molecule has 116 valence electrons. The molecule has 1 N–H and O–H groups in total. The van der Waals surface area contributed by atoms with Crippen LogP contribution in [-0.4, -0.2) is 44.0 Å². The molecular formula is C15H22N2O3S. The third-order valence-electron chi connectivity index (χ3n) is 3.62. The number of sulfonamides is 1. The molecule has 1 saturated heterocycles. The van der Waals surface area contributed by atoms with Crippen molar-refractivity contribution in [1.29, 1.82) is 0 Å². The average Bonchev–Trinajstić information content (AvgIpc) is 2.48. The van der Waals surface area contributed by atoms with E-state index in [2.05, 4.69) is 5.32 Å². The minimum absolute atomic E-state index is 0.0340. The molecule has 6 heteroatoms. The second-order valence-electron chi connectivity index (χ2n) is 5.26. The lowest BCUT2D eigenvalue weighted by atomic mass is 10.1. The van der Waals surface area contributed by atoms with Gasteiger partial charge >= 0.3 is 0 Å². The number of rotatable bonds is 6. The molecule has 1 heterocycles. The van der Waals surface area contributed by atoms with Crippen LogP contribution in [0.5, 0.6) is 0 Å². The van der Waals surface area contributed by atoms with E-state index < -0.39 is 10.0 Å². The highest BCUT2D eigenvalue weighted by molar-refractivity contribution is 7.89. The second-order valence-corrected chi connectivity index (χ2v) is 7.35. The Hall–Kier alpha value is -1.40. The first kappa shape index (κ1) is 16.0. The summed E-state index contributed by atoms with van der Waals surface area (Å²) < 4.78 is 25.0. The summed E-state index contributed by atoms with van der Waals surface area (Å²) in [4.78, 5) is 11.7. The van der Waals surface area contributed by atoms with Crippen molar-refractivity contribution in [2.45, 2.75) is 25.7 Å². The van der Waals surface area contributed by atoms with Crippen molar-refractivity contribution < 1.29 is 13.2 Å². The maximum atomic E-state index is 11.8. The van der Waals surface area contributed by atoms with Crippen LogP contribution in [0.1, 0.15) is 24.8 Å². The zero-order valence-corrected chi connectivity index (χ0v) is 12.9. The van der Waals surface area contributed by atoms with Gasteiger partial charge in [0.25, 0.3) is 0 Å². The lowest BCUT2D eigenvalue weighted by Gasteiger charge is -2.26. The normalized spacial score (nSPS) is 18.3. The van der Waals surface area contributed by atoms with Crippen molar-refractivity contribution in [3.05, 3.63) is 35.9 Å². The highest BCUT2D eigenvalue weighted by Gasteiger charge is 2.24. The fourth-order valence-electron chi connectivity index (χ4n) is 2.40. The summed E-state index contributed by atoms with van der Waals surface area (Å²) in [6.45, 7) is 1.33. The zero-order valence-electron chi connectivity index (χ0n) is 12.1. The molecule has 2 rings (SSSR count). The van der Waals surface area contributed by atoms with Gasteiger partial charge in [-0.1, -0.05) is 30.3 Å². The Balaban J connectivity index is 1.67. The van der Waals surface area contributed by atoms with Crippen molar-refractivity contribution in [1.82, 2.24) is 9.62 Å². The fourth-order valence-corrected chi connectivity index (χ4v) is 4.01. The van der Waals surface area contributed by atoms with E-state index >= 15 is 0 Å². The van der Waals surface area contributed by atoms with Crippen LogP contribution in [0.3, 0.4) is 0 Å². The Morgan fingerprint density at radius 1 is 1.19 bits per heavy atom. The number of amides is 1. The molecule has 1 amide bonds. The quantitative estimate of drug-likeness (QED) is 0.857. The maximum absolute atomic E-state index is 11.8. The summed E-state index contributed by atoms with van der Waals surface area (Å²) >= 11 is 0. The van der Waals surface area contributed by atoms with Crippen molar-refractivity contribution in [2.24, 2.45) is 0 Å². The van der Waals surface area contributed by atoms with E-state index in [1.165, 1.54) is 4.31 Å². The van der Waals surface area contributed by atoms with Gasteiger partial charge in [0.05, 0.1) is 5.75 Å².